The first-order chi connectivity index (χ1) is 11.0. The average molecular weight is 376 g/mol. The number of hydroxylamine groups is 2. The molecule has 120 valence electrons. The molecule has 0 saturated heterocycles. The molecule has 0 bridgehead atoms. The third kappa shape index (κ3) is 6.40. The van der Waals surface area contributed by atoms with Crippen LogP contribution in [0.3, 0.4) is 0 Å². The van der Waals surface area contributed by atoms with Crippen LogP contribution in [-0.2, 0) is 0 Å². The molecule has 0 radical (unpaired) electrons. The molecule has 0 atom stereocenters. The maximum absolute atomic E-state index is 12.6. The molecule has 2 aromatic rings. The lowest BCUT2D eigenvalue weighted by atomic mass is 10.3. The molecule has 3 rings (SSSR count). The Morgan fingerprint density at radius 2 is 1.70 bits per heavy atom. The minimum Gasteiger partial charge on any atom is -0.380 e. The Labute approximate surface area is 146 Å². The zero-order valence-corrected chi connectivity index (χ0v) is 13.8. The van der Waals surface area contributed by atoms with E-state index in [1.165, 1.54) is 35.8 Å². The smallest absolute Gasteiger partial charge is 0.155 e. The maximum atomic E-state index is 12.6. The highest BCUT2D eigenvalue weighted by Crippen LogP contribution is 2.14. The normalized spacial score (nSPS) is 13.0. The van der Waals surface area contributed by atoms with Crippen LogP contribution in [0.4, 0.5) is 4.39 Å². The molecule has 0 aliphatic carbocycles. The second kappa shape index (κ2) is 8.67. The van der Waals surface area contributed by atoms with Crippen molar-refractivity contribution < 1.29 is 9.23 Å². The van der Waals surface area contributed by atoms with Gasteiger partial charge in [-0.1, -0.05) is 34.8 Å². The molecule has 1 aromatic carbocycles. The van der Waals surface area contributed by atoms with Gasteiger partial charge in [0.05, 0.1) is 18.6 Å². The number of hydrogen-bond donors (Lipinski definition) is 0. The fraction of sp³-hybridized carbons (Fsp3) is 0.0714. The lowest BCUT2D eigenvalue weighted by molar-refractivity contribution is 0.00804. The summed E-state index contributed by atoms with van der Waals surface area (Å²) < 4.78 is 12.6. The van der Waals surface area contributed by atoms with Crippen molar-refractivity contribution in [1.82, 2.24) is 15.0 Å². The summed E-state index contributed by atoms with van der Waals surface area (Å²) in [6.45, 7) is 0.384. The number of benzene rings is 1. The molecule has 2 heterocycles. The van der Waals surface area contributed by atoms with E-state index in [0.717, 1.165) is 0 Å². The lowest BCUT2D eigenvalue weighted by Gasteiger charge is -2.21. The van der Waals surface area contributed by atoms with E-state index in [2.05, 4.69) is 15.0 Å². The average Bonchev–Trinajstić information content (AvgIpc) is 2.50. The Bertz CT molecular complexity index is 692. The van der Waals surface area contributed by atoms with E-state index in [4.69, 9.17) is 39.6 Å². The zero-order chi connectivity index (χ0) is 16.7. The summed E-state index contributed by atoms with van der Waals surface area (Å²) in [5, 5.41) is 2.59. The van der Waals surface area contributed by atoms with Crippen molar-refractivity contribution in [3.05, 3.63) is 65.2 Å². The van der Waals surface area contributed by atoms with Gasteiger partial charge in [-0.15, -0.1) is 0 Å². The zero-order valence-electron chi connectivity index (χ0n) is 11.5. The van der Waals surface area contributed by atoms with Crippen LogP contribution >= 0.6 is 34.8 Å². The van der Waals surface area contributed by atoms with Gasteiger partial charge in [0.15, 0.2) is 5.75 Å². The minimum atomic E-state index is -0.295. The van der Waals surface area contributed by atoms with Gasteiger partial charge >= 0.3 is 0 Å². The first kappa shape index (κ1) is 17.5. The lowest BCUT2D eigenvalue weighted by Crippen LogP contribution is -2.27. The predicted molar refractivity (Wildman–Crippen MR) is 88.2 cm³/mol. The largest absolute Gasteiger partial charge is 0.380 e. The summed E-state index contributed by atoms with van der Waals surface area (Å²) in [4.78, 5) is 16.6. The second-order valence-corrected chi connectivity index (χ2v) is 5.30. The topological polar surface area (TPSA) is 50.6 Å². The van der Waals surface area contributed by atoms with E-state index < -0.39 is 0 Å². The van der Waals surface area contributed by atoms with Crippen LogP contribution in [0.5, 0.6) is 5.75 Å². The Kier molecular flexibility index (Phi) is 6.58. The monoisotopic (exact) mass is 374 g/mol. The quantitative estimate of drug-likeness (QED) is 0.784. The maximum Gasteiger partial charge on any atom is 0.155 e. The number of aliphatic imine (C=N–C) groups is 1. The summed E-state index contributed by atoms with van der Waals surface area (Å²) in [7, 11) is 0. The van der Waals surface area contributed by atoms with E-state index in [9.17, 15) is 4.39 Å². The van der Waals surface area contributed by atoms with Crippen molar-refractivity contribution in [3.8, 4) is 5.75 Å². The molecule has 23 heavy (non-hydrogen) atoms. The first-order valence-corrected chi connectivity index (χ1v) is 7.38. The van der Waals surface area contributed by atoms with Gasteiger partial charge in [-0.2, -0.15) is 0 Å². The van der Waals surface area contributed by atoms with E-state index in [1.807, 2.05) is 0 Å². The molecule has 0 fully saturated rings. The Balaban J connectivity index is 0.000000203. The SMILES string of the molecule is Clc1cncc(Cl)n1.Fc1ccc(ON2C=CN=C(Cl)C2)cc1. The predicted octanol–water partition coefficient (Wildman–Crippen LogP) is 4.33. The van der Waals surface area contributed by atoms with Crippen LogP contribution in [0.15, 0.2) is 54.1 Å². The highest BCUT2D eigenvalue weighted by molar-refractivity contribution is 6.66. The Morgan fingerprint density at radius 3 is 2.22 bits per heavy atom. The molecular formula is C14H10Cl3FN4O. The van der Waals surface area contributed by atoms with Gasteiger partial charge in [-0.25, -0.2) is 19.4 Å². The summed E-state index contributed by atoms with van der Waals surface area (Å²) in [6.07, 6.45) is 6.03. The number of rotatable bonds is 2. The fourth-order valence-electron chi connectivity index (χ4n) is 1.42. The van der Waals surface area contributed by atoms with Crippen LogP contribution in [0.1, 0.15) is 0 Å². The summed E-state index contributed by atoms with van der Waals surface area (Å²) >= 11 is 16.5. The number of halogens is 4. The van der Waals surface area contributed by atoms with Crippen molar-refractivity contribution in [2.75, 3.05) is 6.54 Å². The van der Waals surface area contributed by atoms with Crippen molar-refractivity contribution >= 4 is 40.0 Å². The Morgan fingerprint density at radius 1 is 1.04 bits per heavy atom. The molecule has 0 amide bonds. The van der Waals surface area contributed by atoms with Crippen molar-refractivity contribution in [1.29, 1.82) is 0 Å². The highest BCUT2D eigenvalue weighted by Gasteiger charge is 2.08. The van der Waals surface area contributed by atoms with Gasteiger partial charge in [0, 0.05) is 6.20 Å². The number of nitrogens with zero attached hydrogens (tertiary/aromatic N) is 4. The molecule has 9 heteroatoms. The van der Waals surface area contributed by atoms with E-state index in [0.29, 0.717) is 27.8 Å². The fourth-order valence-corrected chi connectivity index (χ4v) is 1.94. The van der Waals surface area contributed by atoms with Gasteiger partial charge in [0.1, 0.15) is 27.8 Å². The van der Waals surface area contributed by atoms with Crippen molar-refractivity contribution in [2.24, 2.45) is 4.99 Å². The summed E-state index contributed by atoms with van der Waals surface area (Å²) in [5.74, 6) is 0.253. The van der Waals surface area contributed by atoms with Gasteiger partial charge in [0.2, 0.25) is 0 Å². The van der Waals surface area contributed by atoms with Gasteiger partial charge in [-0.05, 0) is 24.3 Å². The van der Waals surface area contributed by atoms with Gasteiger partial charge in [-0.3, -0.25) is 4.98 Å². The Hall–Kier alpha value is -1.89. The van der Waals surface area contributed by atoms with Crippen molar-refractivity contribution in [2.45, 2.75) is 0 Å². The molecule has 0 spiro atoms. The summed E-state index contributed by atoms with van der Waals surface area (Å²) in [5.41, 5.74) is 0. The first-order valence-electron chi connectivity index (χ1n) is 6.25. The van der Waals surface area contributed by atoms with E-state index >= 15 is 0 Å². The summed E-state index contributed by atoms with van der Waals surface area (Å²) in [6, 6.07) is 5.75. The van der Waals surface area contributed by atoms with Crippen LogP contribution in [0, 0.1) is 5.82 Å². The van der Waals surface area contributed by atoms with Crippen LogP contribution in [0.25, 0.3) is 0 Å². The molecule has 1 aliphatic rings. The highest BCUT2D eigenvalue weighted by atomic mass is 35.5. The third-order valence-electron chi connectivity index (χ3n) is 2.35. The molecule has 0 N–H and O–H groups in total. The van der Waals surface area contributed by atoms with Gasteiger partial charge < -0.3 is 4.84 Å². The molecule has 5 nitrogen and oxygen atoms in total. The molecule has 0 saturated carbocycles. The van der Waals surface area contributed by atoms with Gasteiger partial charge in [0.25, 0.3) is 0 Å². The standard InChI is InChI=1S/C10H8ClFN2O.C4H2Cl2N2/c11-10-7-14(6-5-13-10)15-9-3-1-8(12)2-4-9;5-3-1-7-2-4(6)8-3/h1-6H,7H2;1-2H. The van der Waals surface area contributed by atoms with Crippen molar-refractivity contribution in [3.63, 3.8) is 0 Å². The number of aromatic nitrogens is 2. The van der Waals surface area contributed by atoms with Crippen LogP contribution < -0.4 is 4.84 Å². The van der Waals surface area contributed by atoms with E-state index in [1.54, 1.807) is 18.3 Å². The molecule has 1 aromatic heterocycles. The molecular weight excluding hydrogens is 366 g/mol. The van der Waals surface area contributed by atoms with Crippen LogP contribution in [-0.4, -0.2) is 26.7 Å². The van der Waals surface area contributed by atoms with E-state index in [-0.39, 0.29) is 5.82 Å². The van der Waals surface area contributed by atoms with Crippen LogP contribution in [0.2, 0.25) is 10.3 Å². The molecule has 1 aliphatic heterocycles. The number of hydrogen-bond acceptors (Lipinski definition) is 5. The molecule has 0 unspecified atom stereocenters. The minimum absolute atomic E-state index is 0.295. The second-order valence-electron chi connectivity index (χ2n) is 4.09. The third-order valence-corrected chi connectivity index (χ3v) is 2.93.